The van der Waals surface area contributed by atoms with Crippen molar-refractivity contribution in [2.75, 3.05) is 17.7 Å². The number of rotatable bonds is 5. The summed E-state index contributed by atoms with van der Waals surface area (Å²) >= 11 is 0. The Balaban J connectivity index is 1.56. The van der Waals surface area contributed by atoms with Gasteiger partial charge in [-0.3, -0.25) is 0 Å². The van der Waals surface area contributed by atoms with E-state index in [4.69, 9.17) is 4.74 Å². The molecule has 0 spiro atoms. The average molecular weight is 376 g/mol. The van der Waals surface area contributed by atoms with Crippen LogP contribution in [0.5, 0.6) is 11.5 Å². The van der Waals surface area contributed by atoms with Gasteiger partial charge in [-0.1, -0.05) is 17.7 Å². The first-order valence-corrected chi connectivity index (χ1v) is 8.64. The third-order valence-electron chi connectivity index (χ3n) is 3.93. The second-order valence-electron chi connectivity index (χ2n) is 6.09. The van der Waals surface area contributed by atoms with E-state index in [1.165, 1.54) is 7.11 Å². The summed E-state index contributed by atoms with van der Waals surface area (Å²) in [4.78, 5) is 23.5. The van der Waals surface area contributed by atoms with Crippen molar-refractivity contribution in [1.29, 1.82) is 0 Å². The smallest absolute Gasteiger partial charge is 0.337 e. The van der Waals surface area contributed by atoms with E-state index < -0.39 is 5.97 Å². The van der Waals surface area contributed by atoms with Crippen molar-refractivity contribution in [3.63, 3.8) is 0 Å². The van der Waals surface area contributed by atoms with Gasteiger partial charge in [0.05, 0.1) is 12.7 Å². The van der Waals surface area contributed by atoms with E-state index in [0.29, 0.717) is 22.7 Å². The molecular formula is C22H20N2O4. The van der Waals surface area contributed by atoms with Gasteiger partial charge in [0.25, 0.3) is 0 Å². The third-order valence-corrected chi connectivity index (χ3v) is 3.93. The molecule has 0 saturated heterocycles. The lowest BCUT2D eigenvalue weighted by atomic mass is 10.2. The predicted octanol–water partition coefficient (Wildman–Crippen LogP) is 5.22. The molecule has 6 heteroatoms. The molecule has 0 bridgehead atoms. The maximum Gasteiger partial charge on any atom is 0.337 e. The number of nitrogens with one attached hydrogen (secondary N) is 2. The minimum atomic E-state index is -0.397. The molecule has 0 radical (unpaired) electrons. The Kier molecular flexibility index (Phi) is 5.91. The van der Waals surface area contributed by atoms with Crippen molar-refractivity contribution in [2.45, 2.75) is 6.92 Å². The molecule has 0 atom stereocenters. The number of anilines is 2. The summed E-state index contributed by atoms with van der Waals surface area (Å²) < 4.78 is 10.4. The standard InChI is InChI=1S/C22H20N2O4/c1-15-3-7-17(8-4-15)23-22(26)24-18-9-13-20(14-10-18)28-19-11-5-16(6-12-19)21(25)27-2/h3-14H,1-2H3,(H2,23,24,26). The van der Waals surface area contributed by atoms with Crippen molar-refractivity contribution < 1.29 is 19.1 Å². The van der Waals surface area contributed by atoms with Crippen molar-refractivity contribution in [3.05, 3.63) is 83.9 Å². The normalized spacial score (nSPS) is 10.1. The zero-order valence-electron chi connectivity index (χ0n) is 15.6. The number of amides is 2. The van der Waals surface area contributed by atoms with Crippen LogP contribution in [-0.4, -0.2) is 19.1 Å². The summed E-state index contributed by atoms with van der Waals surface area (Å²) in [7, 11) is 1.34. The van der Waals surface area contributed by atoms with Gasteiger partial charge in [-0.2, -0.15) is 0 Å². The number of carbonyl (C=O) groups excluding carboxylic acids is 2. The quantitative estimate of drug-likeness (QED) is 0.599. The summed E-state index contributed by atoms with van der Waals surface area (Å²) in [6.07, 6.45) is 0. The van der Waals surface area contributed by atoms with Crippen LogP contribution < -0.4 is 15.4 Å². The molecule has 2 amide bonds. The second-order valence-corrected chi connectivity index (χ2v) is 6.09. The molecule has 2 N–H and O–H groups in total. The van der Waals surface area contributed by atoms with Crippen LogP contribution in [-0.2, 0) is 4.74 Å². The number of carbonyl (C=O) groups is 2. The van der Waals surface area contributed by atoms with Gasteiger partial charge < -0.3 is 20.1 Å². The maximum atomic E-state index is 12.1. The minimum Gasteiger partial charge on any atom is -0.465 e. The van der Waals surface area contributed by atoms with Crippen LogP contribution in [0.2, 0.25) is 0 Å². The number of hydrogen-bond donors (Lipinski definition) is 2. The summed E-state index contributed by atoms with van der Waals surface area (Å²) in [6.45, 7) is 1.99. The van der Waals surface area contributed by atoms with E-state index in [0.717, 1.165) is 11.3 Å². The van der Waals surface area contributed by atoms with Gasteiger partial charge in [0, 0.05) is 11.4 Å². The molecule has 142 valence electrons. The molecule has 0 aliphatic heterocycles. The summed E-state index contributed by atoms with van der Waals surface area (Å²) in [6, 6.07) is 20.8. The van der Waals surface area contributed by atoms with Gasteiger partial charge >= 0.3 is 12.0 Å². The highest BCUT2D eigenvalue weighted by Gasteiger charge is 2.06. The van der Waals surface area contributed by atoms with E-state index in [2.05, 4.69) is 15.4 Å². The van der Waals surface area contributed by atoms with Crippen LogP contribution in [0.3, 0.4) is 0 Å². The molecule has 3 aromatic carbocycles. The summed E-state index contributed by atoms with van der Waals surface area (Å²) in [5.74, 6) is 0.798. The largest absolute Gasteiger partial charge is 0.465 e. The minimum absolute atomic E-state index is 0.323. The Morgan fingerprint density at radius 1 is 0.714 bits per heavy atom. The highest BCUT2D eigenvalue weighted by Crippen LogP contribution is 2.23. The van der Waals surface area contributed by atoms with Crippen LogP contribution >= 0.6 is 0 Å². The van der Waals surface area contributed by atoms with Crippen LogP contribution in [0.1, 0.15) is 15.9 Å². The number of benzene rings is 3. The van der Waals surface area contributed by atoms with Crippen molar-refractivity contribution in [2.24, 2.45) is 0 Å². The number of hydrogen-bond acceptors (Lipinski definition) is 4. The first-order valence-electron chi connectivity index (χ1n) is 8.64. The van der Waals surface area contributed by atoms with Crippen LogP contribution in [0, 0.1) is 6.92 Å². The summed E-state index contributed by atoms with van der Waals surface area (Å²) in [5, 5.41) is 5.54. The van der Waals surface area contributed by atoms with E-state index >= 15 is 0 Å². The third kappa shape index (κ3) is 5.11. The molecule has 0 aromatic heterocycles. The molecule has 6 nitrogen and oxygen atoms in total. The van der Waals surface area contributed by atoms with Gasteiger partial charge in [-0.15, -0.1) is 0 Å². The molecule has 3 aromatic rings. The second kappa shape index (κ2) is 8.73. The topological polar surface area (TPSA) is 76.7 Å². The van der Waals surface area contributed by atoms with Crippen molar-refractivity contribution in [1.82, 2.24) is 0 Å². The molecule has 3 rings (SSSR count). The Hall–Kier alpha value is -3.80. The van der Waals surface area contributed by atoms with Crippen LogP contribution in [0.4, 0.5) is 16.2 Å². The highest BCUT2D eigenvalue weighted by atomic mass is 16.5. The molecule has 0 aliphatic carbocycles. The molecule has 0 saturated carbocycles. The lowest BCUT2D eigenvalue weighted by Gasteiger charge is -2.10. The maximum absolute atomic E-state index is 12.1. The average Bonchev–Trinajstić information content (AvgIpc) is 2.71. The van der Waals surface area contributed by atoms with E-state index in [1.807, 2.05) is 31.2 Å². The fourth-order valence-corrected chi connectivity index (χ4v) is 2.45. The number of esters is 1. The monoisotopic (exact) mass is 376 g/mol. The first kappa shape index (κ1) is 19.0. The molecule has 0 heterocycles. The van der Waals surface area contributed by atoms with E-state index in [1.54, 1.807) is 48.5 Å². The zero-order chi connectivity index (χ0) is 19.9. The van der Waals surface area contributed by atoms with Gasteiger partial charge in [0.15, 0.2) is 0 Å². The van der Waals surface area contributed by atoms with Gasteiger partial charge in [-0.05, 0) is 67.6 Å². The lowest BCUT2D eigenvalue weighted by molar-refractivity contribution is 0.0600. The molecule has 0 unspecified atom stereocenters. The van der Waals surface area contributed by atoms with Gasteiger partial charge in [0.2, 0.25) is 0 Å². The number of aryl methyl sites for hydroxylation is 1. The van der Waals surface area contributed by atoms with E-state index in [9.17, 15) is 9.59 Å². The number of urea groups is 1. The predicted molar refractivity (Wildman–Crippen MR) is 108 cm³/mol. The Labute approximate surface area is 163 Å². The molecular weight excluding hydrogens is 356 g/mol. The number of methoxy groups -OCH3 is 1. The fourth-order valence-electron chi connectivity index (χ4n) is 2.45. The SMILES string of the molecule is COC(=O)c1ccc(Oc2ccc(NC(=O)Nc3ccc(C)cc3)cc2)cc1. The molecule has 0 fully saturated rings. The van der Waals surface area contributed by atoms with Gasteiger partial charge in [0.1, 0.15) is 11.5 Å². The Morgan fingerprint density at radius 3 is 1.68 bits per heavy atom. The highest BCUT2D eigenvalue weighted by molar-refractivity contribution is 5.99. The first-order chi connectivity index (χ1) is 13.5. The lowest BCUT2D eigenvalue weighted by Crippen LogP contribution is -2.19. The molecule has 0 aliphatic rings. The molecule has 28 heavy (non-hydrogen) atoms. The zero-order valence-corrected chi connectivity index (χ0v) is 15.6. The van der Waals surface area contributed by atoms with Gasteiger partial charge in [-0.25, -0.2) is 9.59 Å². The Morgan fingerprint density at radius 2 is 1.18 bits per heavy atom. The van der Waals surface area contributed by atoms with Crippen LogP contribution in [0.15, 0.2) is 72.8 Å². The number of ether oxygens (including phenoxy) is 2. The van der Waals surface area contributed by atoms with Crippen molar-refractivity contribution in [3.8, 4) is 11.5 Å². The van der Waals surface area contributed by atoms with E-state index in [-0.39, 0.29) is 6.03 Å². The van der Waals surface area contributed by atoms with Crippen LogP contribution in [0.25, 0.3) is 0 Å². The Bertz CT molecular complexity index is 949. The summed E-state index contributed by atoms with van der Waals surface area (Å²) in [5.41, 5.74) is 2.94. The fraction of sp³-hybridized carbons (Fsp3) is 0.0909. The van der Waals surface area contributed by atoms with Crippen molar-refractivity contribution >= 4 is 23.4 Å².